The number of hydrogen-bond donors (Lipinski definition) is 1. The van der Waals surface area contributed by atoms with E-state index in [0.717, 1.165) is 30.6 Å². The van der Waals surface area contributed by atoms with Gasteiger partial charge in [0.2, 0.25) is 11.8 Å². The van der Waals surface area contributed by atoms with Gasteiger partial charge < -0.3 is 19.7 Å². The minimum atomic E-state index is -0.331. The number of carbonyl (C=O) groups is 2. The number of ether oxygens (including phenoxy) is 2. The molecule has 0 aliphatic carbocycles. The highest BCUT2D eigenvalue weighted by atomic mass is 16.5. The van der Waals surface area contributed by atoms with E-state index in [-0.39, 0.29) is 30.4 Å². The fourth-order valence-electron chi connectivity index (χ4n) is 3.93. The maximum absolute atomic E-state index is 12.8. The van der Waals surface area contributed by atoms with Crippen molar-refractivity contribution < 1.29 is 19.1 Å². The first-order valence-electron chi connectivity index (χ1n) is 10.3. The number of fused-ring (bicyclic) bond motifs is 1. The average molecular weight is 406 g/mol. The quantitative estimate of drug-likeness (QED) is 0.783. The van der Waals surface area contributed by atoms with Crippen LogP contribution in [0.1, 0.15) is 43.4 Å². The minimum Gasteiger partial charge on any atom is -0.491 e. The molecule has 1 saturated heterocycles. The highest BCUT2D eigenvalue weighted by Crippen LogP contribution is 2.33. The lowest BCUT2D eigenvalue weighted by molar-refractivity contribution is -0.129. The Bertz CT molecular complexity index is 950. The summed E-state index contributed by atoms with van der Waals surface area (Å²) in [6, 6.07) is 14.9. The van der Waals surface area contributed by atoms with Gasteiger partial charge in [0.15, 0.2) is 0 Å². The monoisotopic (exact) mass is 406 g/mol. The molecule has 1 fully saturated rings. The molecule has 2 aliphatic rings. The van der Waals surface area contributed by atoms with E-state index in [1.165, 1.54) is 6.92 Å². The van der Waals surface area contributed by atoms with Crippen LogP contribution in [0, 0.1) is 0 Å². The molecule has 1 N–H and O–H groups in total. The lowest BCUT2D eigenvalue weighted by Crippen LogP contribution is -2.33. The Balaban J connectivity index is 1.41. The molecule has 0 radical (unpaired) electrons. The normalized spacial score (nSPS) is 20.0. The summed E-state index contributed by atoms with van der Waals surface area (Å²) in [5.74, 6) is 0.440. The number of nitrogens with zero attached hydrogens (tertiary/aromatic N) is 1. The molecule has 0 bridgehead atoms. The summed E-state index contributed by atoms with van der Waals surface area (Å²) >= 11 is 0. The predicted octanol–water partition coefficient (Wildman–Crippen LogP) is 4.15. The highest BCUT2D eigenvalue weighted by molar-refractivity contribution is 5.92. The van der Waals surface area contributed by atoms with Crippen LogP contribution in [0.2, 0.25) is 0 Å². The molecule has 2 atom stereocenters. The van der Waals surface area contributed by atoms with Crippen molar-refractivity contribution >= 4 is 23.6 Å². The fraction of sp³-hybridized carbons (Fsp3) is 0.333. The number of hydrogen-bond acceptors (Lipinski definition) is 4. The summed E-state index contributed by atoms with van der Waals surface area (Å²) in [7, 11) is 0. The van der Waals surface area contributed by atoms with E-state index in [2.05, 4.69) is 5.32 Å². The van der Waals surface area contributed by atoms with E-state index in [4.69, 9.17) is 9.47 Å². The van der Waals surface area contributed by atoms with Crippen LogP contribution in [-0.2, 0) is 14.3 Å². The van der Waals surface area contributed by atoms with Crippen molar-refractivity contribution in [2.45, 2.75) is 38.3 Å². The zero-order chi connectivity index (χ0) is 20.9. The molecule has 2 aliphatic heterocycles. The van der Waals surface area contributed by atoms with Gasteiger partial charge in [-0.15, -0.1) is 0 Å². The number of anilines is 1. The second-order valence-electron chi connectivity index (χ2n) is 7.61. The minimum absolute atomic E-state index is 0.0944. The van der Waals surface area contributed by atoms with Gasteiger partial charge in [0, 0.05) is 31.5 Å². The molecule has 0 unspecified atom stereocenters. The molecule has 6 heteroatoms. The van der Waals surface area contributed by atoms with E-state index in [9.17, 15) is 9.59 Å². The van der Waals surface area contributed by atoms with Crippen LogP contribution in [0.15, 0.2) is 54.7 Å². The second kappa shape index (κ2) is 9.13. The smallest absolute Gasteiger partial charge is 0.226 e. The molecule has 2 aromatic carbocycles. The highest BCUT2D eigenvalue weighted by Gasteiger charge is 2.28. The lowest BCUT2D eigenvalue weighted by Gasteiger charge is -2.32. The van der Waals surface area contributed by atoms with Crippen molar-refractivity contribution in [3.63, 3.8) is 0 Å². The van der Waals surface area contributed by atoms with Gasteiger partial charge in [-0.3, -0.25) is 9.59 Å². The van der Waals surface area contributed by atoms with Crippen LogP contribution in [0.4, 0.5) is 5.69 Å². The van der Waals surface area contributed by atoms with Crippen LogP contribution < -0.4 is 10.1 Å². The molecule has 2 heterocycles. The molecule has 30 heavy (non-hydrogen) atoms. The zero-order valence-corrected chi connectivity index (χ0v) is 17.0. The van der Waals surface area contributed by atoms with E-state index in [1.54, 1.807) is 11.1 Å². The van der Waals surface area contributed by atoms with Crippen LogP contribution in [0.25, 0.3) is 6.08 Å². The van der Waals surface area contributed by atoms with Gasteiger partial charge in [-0.2, -0.15) is 0 Å². The summed E-state index contributed by atoms with van der Waals surface area (Å²) in [4.78, 5) is 26.5. The molecule has 4 rings (SSSR count). The van der Waals surface area contributed by atoms with Gasteiger partial charge in [-0.1, -0.05) is 30.3 Å². The molecule has 2 aromatic rings. The number of amides is 2. The fourth-order valence-corrected chi connectivity index (χ4v) is 3.93. The Morgan fingerprint density at radius 1 is 1.20 bits per heavy atom. The van der Waals surface area contributed by atoms with Gasteiger partial charge >= 0.3 is 0 Å². The third-order valence-electron chi connectivity index (χ3n) is 5.43. The Hall–Kier alpha value is -3.12. The maximum Gasteiger partial charge on any atom is 0.226 e. The van der Waals surface area contributed by atoms with Gasteiger partial charge in [-0.25, -0.2) is 0 Å². The second-order valence-corrected chi connectivity index (χ2v) is 7.61. The Kier molecular flexibility index (Phi) is 6.14. The molecule has 6 nitrogen and oxygen atoms in total. The maximum atomic E-state index is 12.8. The number of benzene rings is 2. The first-order valence-corrected chi connectivity index (χ1v) is 10.3. The predicted molar refractivity (Wildman–Crippen MR) is 115 cm³/mol. The largest absolute Gasteiger partial charge is 0.491 e. The molecule has 156 valence electrons. The van der Waals surface area contributed by atoms with Crippen molar-refractivity contribution in [1.29, 1.82) is 0 Å². The van der Waals surface area contributed by atoms with Gasteiger partial charge in [0.05, 0.1) is 18.6 Å². The van der Waals surface area contributed by atoms with Crippen molar-refractivity contribution in [1.82, 2.24) is 4.90 Å². The SMILES string of the molecule is CC(=O)N1C=Cc2ccccc2[C@@H]1CC(=O)Nc1cccc(OC[C@H]2CCCO2)c1. The van der Waals surface area contributed by atoms with E-state index >= 15 is 0 Å². The third-order valence-corrected chi connectivity index (χ3v) is 5.43. The first kappa shape index (κ1) is 20.2. The Morgan fingerprint density at radius 3 is 2.87 bits per heavy atom. The van der Waals surface area contributed by atoms with Crippen LogP contribution >= 0.6 is 0 Å². The molecular weight excluding hydrogens is 380 g/mol. The standard InChI is InChI=1S/C24H26N2O4/c1-17(27)26-12-11-18-6-2-3-10-22(18)23(26)15-24(28)25-19-7-4-8-20(14-19)30-16-21-9-5-13-29-21/h2-4,6-8,10-12,14,21,23H,5,9,13,15-16H2,1H3,(H,25,28)/t21-,23+/m1/s1. The van der Waals surface area contributed by atoms with Gasteiger partial charge in [-0.05, 0) is 42.2 Å². The average Bonchev–Trinajstić information content (AvgIpc) is 3.26. The van der Waals surface area contributed by atoms with Crippen molar-refractivity contribution in [2.75, 3.05) is 18.5 Å². The summed E-state index contributed by atoms with van der Waals surface area (Å²) in [5.41, 5.74) is 2.66. The number of rotatable bonds is 6. The van der Waals surface area contributed by atoms with Crippen LogP contribution in [-0.4, -0.2) is 36.0 Å². The van der Waals surface area contributed by atoms with Crippen LogP contribution in [0.5, 0.6) is 5.75 Å². The summed E-state index contributed by atoms with van der Waals surface area (Å²) in [5, 5.41) is 2.94. The number of carbonyl (C=O) groups excluding carboxylic acids is 2. The molecule has 0 aromatic heterocycles. The van der Waals surface area contributed by atoms with Gasteiger partial charge in [0.25, 0.3) is 0 Å². The van der Waals surface area contributed by atoms with Crippen molar-refractivity contribution in [2.24, 2.45) is 0 Å². The van der Waals surface area contributed by atoms with Crippen molar-refractivity contribution in [3.8, 4) is 5.75 Å². The summed E-state index contributed by atoms with van der Waals surface area (Å²) < 4.78 is 11.4. The topological polar surface area (TPSA) is 67.9 Å². The Morgan fingerprint density at radius 2 is 2.07 bits per heavy atom. The van der Waals surface area contributed by atoms with Crippen LogP contribution in [0.3, 0.4) is 0 Å². The van der Waals surface area contributed by atoms with E-state index in [0.29, 0.717) is 18.0 Å². The molecule has 0 saturated carbocycles. The summed E-state index contributed by atoms with van der Waals surface area (Å²) in [6.45, 7) is 2.81. The molecular formula is C24H26N2O4. The summed E-state index contributed by atoms with van der Waals surface area (Å²) in [6.07, 6.45) is 6.05. The third kappa shape index (κ3) is 4.71. The number of nitrogens with one attached hydrogen (secondary N) is 1. The Labute approximate surface area is 176 Å². The van der Waals surface area contributed by atoms with E-state index < -0.39 is 0 Å². The molecule has 2 amide bonds. The first-order chi connectivity index (χ1) is 14.6. The van der Waals surface area contributed by atoms with Crippen molar-refractivity contribution in [3.05, 3.63) is 65.9 Å². The lowest BCUT2D eigenvalue weighted by atomic mass is 9.93. The van der Waals surface area contributed by atoms with E-state index in [1.807, 2.05) is 54.6 Å². The molecule has 0 spiro atoms. The zero-order valence-electron chi connectivity index (χ0n) is 17.0. The van der Waals surface area contributed by atoms with Gasteiger partial charge in [0.1, 0.15) is 12.4 Å².